The van der Waals surface area contributed by atoms with Crippen molar-refractivity contribution >= 4 is 21.4 Å². The molecule has 0 aliphatic rings. The number of hydrogen-bond acceptors (Lipinski definition) is 6. The van der Waals surface area contributed by atoms with Crippen molar-refractivity contribution in [1.82, 2.24) is 4.31 Å². The third-order valence-electron chi connectivity index (χ3n) is 3.58. The molecule has 0 heterocycles. The van der Waals surface area contributed by atoms with Crippen molar-refractivity contribution in [3.05, 3.63) is 47.5 Å². The van der Waals surface area contributed by atoms with Crippen LogP contribution in [0.1, 0.15) is 18.1 Å². The summed E-state index contributed by atoms with van der Waals surface area (Å²) in [5, 5.41) is 21.5. The number of hydrogen-bond donors (Lipinski definition) is 1. The van der Waals surface area contributed by atoms with Gasteiger partial charge in [-0.1, -0.05) is 6.07 Å². The zero-order chi connectivity index (χ0) is 19.3. The molecule has 0 spiro atoms. The first-order valence-corrected chi connectivity index (χ1v) is 9.18. The molecule has 2 rings (SSSR count). The molecular weight excluding hydrogens is 352 g/mol. The summed E-state index contributed by atoms with van der Waals surface area (Å²) >= 11 is 0. The molecule has 0 saturated carbocycles. The number of sulfonamides is 1. The molecule has 2 aromatic carbocycles. The van der Waals surface area contributed by atoms with Crippen LogP contribution in [0.25, 0.3) is 0 Å². The van der Waals surface area contributed by atoms with Crippen LogP contribution >= 0.6 is 0 Å². The van der Waals surface area contributed by atoms with Gasteiger partial charge in [-0.05, 0) is 37.3 Å². The summed E-state index contributed by atoms with van der Waals surface area (Å²) in [4.78, 5) is 0.00213. The van der Waals surface area contributed by atoms with E-state index in [-0.39, 0.29) is 21.8 Å². The van der Waals surface area contributed by atoms with E-state index in [4.69, 9.17) is 4.74 Å². The van der Waals surface area contributed by atoms with Crippen LogP contribution in [-0.4, -0.2) is 33.4 Å². The van der Waals surface area contributed by atoms with Crippen molar-refractivity contribution in [2.24, 2.45) is 0 Å². The molecule has 0 aliphatic heterocycles. The molecule has 0 unspecified atom stereocenters. The van der Waals surface area contributed by atoms with Gasteiger partial charge in [0.25, 0.3) is 0 Å². The van der Waals surface area contributed by atoms with Crippen LogP contribution in [-0.2, 0) is 10.0 Å². The van der Waals surface area contributed by atoms with Crippen molar-refractivity contribution < 1.29 is 13.2 Å². The number of benzene rings is 2. The Morgan fingerprint density at radius 3 is 2.23 bits per heavy atom. The molecule has 7 nitrogen and oxygen atoms in total. The first kappa shape index (κ1) is 19.3. The molecule has 0 fully saturated rings. The lowest BCUT2D eigenvalue weighted by atomic mass is 10.1. The SMILES string of the molecule is CCOc1ccc(Nc2c(C#N)cccc2C#N)cc1S(=O)(=O)N(C)C. The number of nitriles is 2. The lowest BCUT2D eigenvalue weighted by Gasteiger charge is -2.17. The first-order valence-electron chi connectivity index (χ1n) is 7.74. The third-order valence-corrected chi connectivity index (χ3v) is 5.41. The molecule has 0 aliphatic carbocycles. The van der Waals surface area contributed by atoms with Crippen LogP contribution in [0.5, 0.6) is 5.75 Å². The third kappa shape index (κ3) is 3.77. The Kier molecular flexibility index (Phi) is 5.83. The normalized spacial score (nSPS) is 10.8. The zero-order valence-electron chi connectivity index (χ0n) is 14.6. The molecule has 134 valence electrons. The van der Waals surface area contributed by atoms with Gasteiger partial charge >= 0.3 is 0 Å². The van der Waals surface area contributed by atoms with E-state index >= 15 is 0 Å². The van der Waals surface area contributed by atoms with E-state index in [1.54, 1.807) is 37.3 Å². The second-order valence-corrected chi connectivity index (χ2v) is 7.58. The van der Waals surface area contributed by atoms with Crippen molar-refractivity contribution in [2.45, 2.75) is 11.8 Å². The number of nitrogens with zero attached hydrogens (tertiary/aromatic N) is 3. The Morgan fingerprint density at radius 2 is 1.73 bits per heavy atom. The summed E-state index contributed by atoms with van der Waals surface area (Å²) in [6.07, 6.45) is 0. The summed E-state index contributed by atoms with van der Waals surface area (Å²) < 4.78 is 31.7. The van der Waals surface area contributed by atoms with E-state index < -0.39 is 10.0 Å². The highest BCUT2D eigenvalue weighted by molar-refractivity contribution is 7.89. The Morgan fingerprint density at radius 1 is 1.12 bits per heavy atom. The van der Waals surface area contributed by atoms with Crippen LogP contribution in [0.3, 0.4) is 0 Å². The number of ether oxygens (including phenoxy) is 1. The summed E-state index contributed by atoms with van der Waals surface area (Å²) in [7, 11) is -0.869. The molecule has 0 bridgehead atoms. The smallest absolute Gasteiger partial charge is 0.246 e. The molecule has 0 saturated heterocycles. The number of para-hydroxylation sites is 1. The first-order chi connectivity index (χ1) is 12.3. The number of anilines is 2. The second-order valence-electron chi connectivity index (χ2n) is 5.46. The standard InChI is InChI=1S/C18H18N4O3S/c1-4-25-16-9-8-15(10-17(16)26(23,24)22(2)3)21-18-13(11-19)6-5-7-14(18)12-20/h5-10,21H,4H2,1-3H3. The van der Waals surface area contributed by atoms with E-state index in [1.807, 2.05) is 12.1 Å². The lowest BCUT2D eigenvalue weighted by molar-refractivity contribution is 0.330. The van der Waals surface area contributed by atoms with Crippen molar-refractivity contribution in [3.8, 4) is 17.9 Å². The minimum absolute atomic E-state index is 0.00213. The van der Waals surface area contributed by atoms with Crippen LogP contribution in [0.2, 0.25) is 0 Å². The second kappa shape index (κ2) is 7.87. The van der Waals surface area contributed by atoms with Gasteiger partial charge in [0.05, 0.1) is 23.4 Å². The minimum Gasteiger partial charge on any atom is -0.492 e. The van der Waals surface area contributed by atoms with Gasteiger partial charge < -0.3 is 10.1 Å². The molecule has 1 N–H and O–H groups in total. The Balaban J connectivity index is 2.58. The van der Waals surface area contributed by atoms with Crippen LogP contribution in [0, 0.1) is 22.7 Å². The van der Waals surface area contributed by atoms with Crippen LogP contribution < -0.4 is 10.1 Å². The zero-order valence-corrected chi connectivity index (χ0v) is 15.5. The van der Waals surface area contributed by atoms with Crippen molar-refractivity contribution in [2.75, 3.05) is 26.0 Å². The number of rotatable bonds is 6. The Labute approximate surface area is 153 Å². The topological polar surface area (TPSA) is 106 Å². The lowest BCUT2D eigenvalue weighted by Crippen LogP contribution is -2.23. The fraction of sp³-hybridized carbons (Fsp3) is 0.222. The fourth-order valence-electron chi connectivity index (χ4n) is 2.28. The highest BCUT2D eigenvalue weighted by Crippen LogP contribution is 2.32. The molecule has 0 radical (unpaired) electrons. The highest BCUT2D eigenvalue weighted by Gasteiger charge is 2.23. The maximum absolute atomic E-state index is 12.6. The van der Waals surface area contributed by atoms with E-state index in [9.17, 15) is 18.9 Å². The monoisotopic (exact) mass is 370 g/mol. The van der Waals surface area contributed by atoms with E-state index in [2.05, 4.69) is 5.32 Å². The van der Waals surface area contributed by atoms with Crippen LogP contribution in [0.15, 0.2) is 41.3 Å². The van der Waals surface area contributed by atoms with Gasteiger partial charge in [-0.3, -0.25) is 0 Å². The number of nitrogens with one attached hydrogen (secondary N) is 1. The molecular formula is C18H18N4O3S. The van der Waals surface area contributed by atoms with Crippen molar-refractivity contribution in [1.29, 1.82) is 10.5 Å². The minimum atomic E-state index is -3.74. The van der Waals surface area contributed by atoms with Gasteiger partial charge in [-0.25, -0.2) is 12.7 Å². The van der Waals surface area contributed by atoms with Crippen molar-refractivity contribution in [3.63, 3.8) is 0 Å². The average molecular weight is 370 g/mol. The largest absolute Gasteiger partial charge is 0.492 e. The summed E-state index contributed by atoms with van der Waals surface area (Å²) in [5.74, 6) is 0.237. The maximum Gasteiger partial charge on any atom is 0.246 e. The summed E-state index contributed by atoms with van der Waals surface area (Å²) in [5.41, 5.74) is 1.33. The molecule has 0 amide bonds. The predicted molar refractivity (Wildman–Crippen MR) is 97.6 cm³/mol. The predicted octanol–water partition coefficient (Wildman–Crippen LogP) is 2.82. The van der Waals surface area contributed by atoms with Gasteiger partial charge in [0.15, 0.2) is 0 Å². The Bertz CT molecular complexity index is 970. The van der Waals surface area contributed by atoms with E-state index in [1.165, 1.54) is 20.2 Å². The highest BCUT2D eigenvalue weighted by atomic mass is 32.2. The molecule has 26 heavy (non-hydrogen) atoms. The summed E-state index contributed by atoms with van der Waals surface area (Å²) in [6, 6.07) is 13.4. The molecule has 2 aromatic rings. The fourth-order valence-corrected chi connectivity index (χ4v) is 3.33. The van der Waals surface area contributed by atoms with Gasteiger partial charge in [-0.15, -0.1) is 0 Å². The molecule has 8 heteroatoms. The molecule has 0 atom stereocenters. The molecule has 0 aromatic heterocycles. The van der Waals surface area contributed by atoms with Gasteiger partial charge in [-0.2, -0.15) is 10.5 Å². The maximum atomic E-state index is 12.6. The van der Waals surface area contributed by atoms with Gasteiger partial charge in [0.1, 0.15) is 22.8 Å². The average Bonchev–Trinajstić information content (AvgIpc) is 2.63. The summed E-state index contributed by atoms with van der Waals surface area (Å²) in [6.45, 7) is 2.08. The van der Waals surface area contributed by atoms with E-state index in [0.717, 1.165) is 4.31 Å². The Hall–Kier alpha value is -3.07. The van der Waals surface area contributed by atoms with Crippen LogP contribution in [0.4, 0.5) is 11.4 Å². The van der Waals surface area contributed by atoms with Gasteiger partial charge in [0, 0.05) is 19.8 Å². The quantitative estimate of drug-likeness (QED) is 0.838. The van der Waals surface area contributed by atoms with Gasteiger partial charge in [0.2, 0.25) is 10.0 Å². The van der Waals surface area contributed by atoms with E-state index in [0.29, 0.717) is 18.0 Å².